The molecule has 7 nitrogen and oxygen atoms in total. The molecule has 2 aromatic heterocycles. The van der Waals surface area contributed by atoms with Crippen LogP contribution in [0.5, 0.6) is 0 Å². The van der Waals surface area contributed by atoms with Gasteiger partial charge >= 0.3 is 0 Å². The highest BCUT2D eigenvalue weighted by atomic mass is 16.5. The van der Waals surface area contributed by atoms with E-state index in [9.17, 15) is 0 Å². The molecule has 0 spiro atoms. The van der Waals surface area contributed by atoms with Crippen molar-refractivity contribution in [2.24, 2.45) is 0 Å². The summed E-state index contributed by atoms with van der Waals surface area (Å²) in [5, 5.41) is 3.07. The molecule has 1 aliphatic heterocycles. The number of nitrogens with one attached hydrogen (secondary N) is 1. The van der Waals surface area contributed by atoms with Gasteiger partial charge in [-0.25, -0.2) is 9.97 Å². The Bertz CT molecular complexity index is 587. The zero-order valence-corrected chi connectivity index (χ0v) is 11.9. The van der Waals surface area contributed by atoms with Crippen LogP contribution in [0.4, 0.5) is 11.6 Å². The Kier molecular flexibility index (Phi) is 3.45. The number of methoxy groups -OCH3 is 2. The molecule has 7 heteroatoms. The monoisotopic (exact) mass is 277 g/mol. The van der Waals surface area contributed by atoms with Crippen LogP contribution in [0.3, 0.4) is 0 Å². The molecule has 0 aromatic carbocycles. The van der Waals surface area contributed by atoms with Crippen LogP contribution in [0, 0.1) is 0 Å². The standard InChI is InChI=1S/C13H19N5O2/c1-14-11-8-17-5-4-15-12(17)13(16-11)18-6-9(19-2)10(7-18)20-3/h4-5,8-10,14H,6-7H2,1-3H3. The van der Waals surface area contributed by atoms with Crippen LogP contribution in [0.1, 0.15) is 0 Å². The molecule has 1 fully saturated rings. The SMILES string of the molecule is CNc1cn2ccnc2c(N2CC(OC)C(OC)C2)n1. The second kappa shape index (κ2) is 5.26. The predicted molar refractivity (Wildman–Crippen MR) is 76.3 cm³/mol. The van der Waals surface area contributed by atoms with Gasteiger partial charge in [0.15, 0.2) is 11.5 Å². The minimum absolute atomic E-state index is 0.0510. The molecule has 0 radical (unpaired) electrons. The summed E-state index contributed by atoms with van der Waals surface area (Å²) in [4.78, 5) is 11.2. The van der Waals surface area contributed by atoms with Crippen molar-refractivity contribution in [3.63, 3.8) is 0 Å². The number of fused-ring (bicyclic) bond motifs is 1. The number of nitrogens with zero attached hydrogens (tertiary/aromatic N) is 4. The van der Waals surface area contributed by atoms with E-state index in [1.807, 2.05) is 23.8 Å². The molecule has 1 N–H and O–H groups in total. The fraction of sp³-hybridized carbons (Fsp3) is 0.538. The van der Waals surface area contributed by atoms with Crippen molar-refractivity contribution in [2.75, 3.05) is 44.6 Å². The largest absolute Gasteiger partial charge is 0.377 e. The number of anilines is 2. The van der Waals surface area contributed by atoms with E-state index in [1.165, 1.54) is 0 Å². The van der Waals surface area contributed by atoms with E-state index >= 15 is 0 Å². The van der Waals surface area contributed by atoms with Crippen LogP contribution in [0.2, 0.25) is 0 Å². The third kappa shape index (κ3) is 2.08. The van der Waals surface area contributed by atoms with E-state index in [4.69, 9.17) is 9.47 Å². The molecule has 1 saturated heterocycles. The zero-order chi connectivity index (χ0) is 14.1. The number of aromatic nitrogens is 3. The van der Waals surface area contributed by atoms with Crippen LogP contribution in [0.15, 0.2) is 18.6 Å². The number of rotatable bonds is 4. The second-order valence-electron chi connectivity index (χ2n) is 4.81. The zero-order valence-electron chi connectivity index (χ0n) is 11.9. The molecule has 2 atom stereocenters. The molecule has 0 amide bonds. The molecule has 2 aromatic rings. The number of imidazole rings is 1. The van der Waals surface area contributed by atoms with Gasteiger partial charge in [0.25, 0.3) is 0 Å². The highest BCUT2D eigenvalue weighted by molar-refractivity contribution is 5.67. The first kappa shape index (κ1) is 13.1. The van der Waals surface area contributed by atoms with Crippen molar-refractivity contribution in [3.8, 4) is 0 Å². The predicted octanol–water partition coefficient (Wildman–Crippen LogP) is 0.621. The molecule has 3 heterocycles. The summed E-state index contributed by atoms with van der Waals surface area (Å²) >= 11 is 0. The van der Waals surface area contributed by atoms with Crippen molar-refractivity contribution < 1.29 is 9.47 Å². The van der Waals surface area contributed by atoms with Gasteiger partial charge in [-0.1, -0.05) is 0 Å². The third-order valence-electron chi connectivity index (χ3n) is 3.73. The fourth-order valence-electron chi connectivity index (χ4n) is 2.62. The molecule has 0 aliphatic carbocycles. The summed E-state index contributed by atoms with van der Waals surface area (Å²) in [6.07, 6.45) is 5.71. The summed E-state index contributed by atoms with van der Waals surface area (Å²) in [7, 11) is 5.28. The molecule has 1 aliphatic rings. The van der Waals surface area contributed by atoms with E-state index in [1.54, 1.807) is 20.4 Å². The van der Waals surface area contributed by atoms with Crippen LogP contribution >= 0.6 is 0 Å². The topological polar surface area (TPSA) is 63.9 Å². The van der Waals surface area contributed by atoms with Crippen LogP contribution in [0.25, 0.3) is 5.65 Å². The van der Waals surface area contributed by atoms with Gasteiger partial charge < -0.3 is 24.1 Å². The van der Waals surface area contributed by atoms with Crippen LogP contribution in [-0.2, 0) is 9.47 Å². The van der Waals surface area contributed by atoms with Crippen molar-refractivity contribution in [1.29, 1.82) is 0 Å². The summed E-state index contributed by atoms with van der Waals surface area (Å²) in [5.41, 5.74) is 0.843. The van der Waals surface area contributed by atoms with Gasteiger partial charge in [-0.05, 0) is 0 Å². The second-order valence-corrected chi connectivity index (χ2v) is 4.81. The normalized spacial score (nSPS) is 22.6. The molecule has 0 bridgehead atoms. The highest BCUT2D eigenvalue weighted by Gasteiger charge is 2.34. The molecule has 108 valence electrons. The maximum absolute atomic E-state index is 5.48. The average molecular weight is 277 g/mol. The maximum Gasteiger partial charge on any atom is 0.180 e. The highest BCUT2D eigenvalue weighted by Crippen LogP contribution is 2.26. The molecule has 3 rings (SSSR count). The number of hydrogen-bond acceptors (Lipinski definition) is 6. The lowest BCUT2D eigenvalue weighted by molar-refractivity contribution is -0.00461. The Morgan fingerprint density at radius 2 is 1.95 bits per heavy atom. The van der Waals surface area contributed by atoms with Crippen LogP contribution < -0.4 is 10.2 Å². The summed E-state index contributed by atoms with van der Waals surface area (Å²) in [5.74, 6) is 1.66. The first-order valence-corrected chi connectivity index (χ1v) is 6.58. The van der Waals surface area contributed by atoms with Gasteiger partial charge in [0.05, 0.1) is 6.20 Å². The smallest absolute Gasteiger partial charge is 0.180 e. The van der Waals surface area contributed by atoms with E-state index < -0.39 is 0 Å². The van der Waals surface area contributed by atoms with Gasteiger partial charge in [0.1, 0.15) is 18.0 Å². The maximum atomic E-state index is 5.48. The van der Waals surface area contributed by atoms with Gasteiger partial charge in [0, 0.05) is 46.8 Å². The van der Waals surface area contributed by atoms with E-state index in [2.05, 4.69) is 20.2 Å². The van der Waals surface area contributed by atoms with Crippen molar-refractivity contribution in [3.05, 3.63) is 18.6 Å². The first-order chi connectivity index (χ1) is 9.76. The van der Waals surface area contributed by atoms with E-state index in [0.717, 1.165) is 30.4 Å². The van der Waals surface area contributed by atoms with Gasteiger partial charge in [-0.15, -0.1) is 0 Å². The van der Waals surface area contributed by atoms with E-state index in [-0.39, 0.29) is 12.2 Å². The Hall–Kier alpha value is -1.86. The quantitative estimate of drug-likeness (QED) is 0.884. The van der Waals surface area contributed by atoms with Crippen molar-refractivity contribution in [1.82, 2.24) is 14.4 Å². The summed E-state index contributed by atoms with van der Waals surface area (Å²) in [6.45, 7) is 1.50. The Balaban J connectivity index is 1.99. The Labute approximate surface area is 117 Å². The summed E-state index contributed by atoms with van der Waals surface area (Å²) in [6, 6.07) is 0. The lowest BCUT2D eigenvalue weighted by Gasteiger charge is -2.18. The Morgan fingerprint density at radius 1 is 1.25 bits per heavy atom. The van der Waals surface area contributed by atoms with Gasteiger partial charge in [0.2, 0.25) is 0 Å². The summed E-state index contributed by atoms with van der Waals surface area (Å²) < 4.78 is 12.9. The van der Waals surface area contributed by atoms with Crippen LogP contribution in [-0.4, -0.2) is 60.9 Å². The third-order valence-corrected chi connectivity index (χ3v) is 3.73. The van der Waals surface area contributed by atoms with Crippen molar-refractivity contribution >= 4 is 17.3 Å². The first-order valence-electron chi connectivity index (χ1n) is 6.58. The van der Waals surface area contributed by atoms with E-state index in [0.29, 0.717) is 0 Å². The minimum atomic E-state index is 0.0510. The lowest BCUT2D eigenvalue weighted by Crippen LogP contribution is -2.27. The Morgan fingerprint density at radius 3 is 2.55 bits per heavy atom. The molecule has 0 saturated carbocycles. The molecule has 20 heavy (non-hydrogen) atoms. The molecule has 2 unspecified atom stereocenters. The minimum Gasteiger partial charge on any atom is -0.377 e. The number of ether oxygens (including phenoxy) is 2. The number of hydrogen-bond donors (Lipinski definition) is 1. The molecular formula is C13H19N5O2. The van der Waals surface area contributed by atoms with Gasteiger partial charge in [-0.2, -0.15) is 0 Å². The molecular weight excluding hydrogens is 258 g/mol. The average Bonchev–Trinajstić information content (AvgIpc) is 3.11. The van der Waals surface area contributed by atoms with Crippen molar-refractivity contribution in [2.45, 2.75) is 12.2 Å². The fourth-order valence-corrected chi connectivity index (χ4v) is 2.62. The lowest BCUT2D eigenvalue weighted by atomic mass is 10.3. The van der Waals surface area contributed by atoms with Gasteiger partial charge in [-0.3, -0.25) is 0 Å².